The highest BCUT2D eigenvalue weighted by molar-refractivity contribution is 6.09. The van der Waals surface area contributed by atoms with Gasteiger partial charge >= 0.3 is 0 Å². The van der Waals surface area contributed by atoms with Crippen molar-refractivity contribution in [1.29, 1.82) is 0 Å². The van der Waals surface area contributed by atoms with E-state index in [4.69, 9.17) is 13.8 Å². The number of benzene rings is 4. The van der Waals surface area contributed by atoms with E-state index in [-0.39, 0.29) is 5.41 Å². The molecule has 0 amide bonds. The molecule has 0 spiro atoms. The Bertz CT molecular complexity index is 2150. The number of imidazole rings is 1. The van der Waals surface area contributed by atoms with Crippen molar-refractivity contribution in [2.24, 2.45) is 6.98 Å². The number of pyridine rings is 1. The fourth-order valence-corrected chi connectivity index (χ4v) is 5.34. The molecule has 4 aromatic carbocycles. The Morgan fingerprint density at radius 2 is 1.55 bits per heavy atom. The summed E-state index contributed by atoms with van der Waals surface area (Å²) in [4.78, 5) is 4.77. The van der Waals surface area contributed by atoms with Crippen LogP contribution in [0.25, 0.3) is 44.3 Å². The lowest BCUT2D eigenvalue weighted by Gasteiger charge is -2.20. The summed E-state index contributed by atoms with van der Waals surface area (Å²) in [6.07, 6.45) is 4.90. The molecule has 0 fully saturated rings. The Kier molecular flexibility index (Phi) is 4.77. The lowest BCUT2D eigenvalue weighted by Crippen LogP contribution is -2.26. The van der Waals surface area contributed by atoms with Crippen molar-refractivity contribution in [3.8, 4) is 23.0 Å². The summed E-state index contributed by atoms with van der Waals surface area (Å²) >= 11 is 0. The van der Waals surface area contributed by atoms with Gasteiger partial charge in [-0.25, -0.2) is 4.98 Å². The van der Waals surface area contributed by atoms with Crippen LogP contribution in [0, 0.1) is 6.33 Å². The predicted octanol–water partition coefficient (Wildman–Crippen LogP) is 7.84. The van der Waals surface area contributed by atoms with Crippen molar-refractivity contribution in [3.05, 3.63) is 121 Å². The second kappa shape index (κ2) is 9.09. The summed E-state index contributed by atoms with van der Waals surface area (Å²) in [5.74, 6) is 2.16. The first kappa shape index (κ1) is 21.0. The van der Waals surface area contributed by atoms with Gasteiger partial charge in [0.2, 0.25) is 6.33 Å². The maximum absolute atomic E-state index is 7.97. The standard InChI is InChI=1S/C35H30N4O/c1-35(2,3)24-18-19-36-34(20-24)39-30-13-6-5-12-28(30)29-17-16-27(22-33(29)39)40-26-11-9-10-25(21-26)38-23-37(4)31-14-7-8-15-32(31)38/h5-22H,1-4H3/i4D3. The lowest BCUT2D eigenvalue weighted by molar-refractivity contribution is -0.649. The molecule has 196 valence electrons. The molecule has 0 aliphatic carbocycles. The first-order chi connectivity index (χ1) is 20.6. The first-order valence-corrected chi connectivity index (χ1v) is 13.3. The van der Waals surface area contributed by atoms with E-state index in [0.29, 0.717) is 17.0 Å². The van der Waals surface area contributed by atoms with Crippen LogP contribution in [0.3, 0.4) is 0 Å². The number of para-hydroxylation sites is 3. The number of aryl methyl sites for hydroxylation is 1. The molecule has 0 N–H and O–H groups in total. The maximum Gasteiger partial charge on any atom is 0.244 e. The predicted molar refractivity (Wildman–Crippen MR) is 161 cm³/mol. The first-order valence-electron chi connectivity index (χ1n) is 14.8. The second-order valence-electron chi connectivity index (χ2n) is 11.0. The van der Waals surface area contributed by atoms with Crippen molar-refractivity contribution in [3.63, 3.8) is 0 Å². The normalized spacial score (nSPS) is 13.4. The molecule has 0 bridgehead atoms. The van der Waals surface area contributed by atoms with Gasteiger partial charge < -0.3 is 13.9 Å². The van der Waals surface area contributed by atoms with Gasteiger partial charge in [-0.2, -0.15) is 0 Å². The van der Waals surface area contributed by atoms with E-state index in [1.54, 1.807) is 10.6 Å². The van der Waals surface area contributed by atoms with Gasteiger partial charge in [-0.15, -0.1) is 0 Å². The molecule has 0 aliphatic heterocycles. The van der Waals surface area contributed by atoms with Gasteiger partial charge in [0, 0.05) is 23.0 Å². The molecule has 5 nitrogen and oxygen atoms in total. The third kappa shape index (κ3) is 4.02. The number of rotatable bonds is 4. The largest absolute Gasteiger partial charge is 0.458 e. The molecule has 5 heteroatoms. The van der Waals surface area contributed by atoms with Crippen LogP contribution < -0.4 is 9.30 Å². The maximum atomic E-state index is 7.97. The van der Waals surface area contributed by atoms with Gasteiger partial charge in [-0.1, -0.05) is 75.4 Å². The minimum Gasteiger partial charge on any atom is -0.458 e. The van der Waals surface area contributed by atoms with E-state index in [1.807, 2.05) is 66.9 Å². The Morgan fingerprint density at radius 1 is 0.775 bits per heavy atom. The smallest absolute Gasteiger partial charge is 0.244 e. The number of nitrogens with zero attached hydrogens (tertiary/aromatic N) is 4. The molecule has 0 atom stereocenters. The van der Waals surface area contributed by atoms with E-state index in [9.17, 15) is 0 Å². The highest BCUT2D eigenvalue weighted by atomic mass is 16.5. The Balaban J connectivity index is 1.32. The zero-order chi connectivity index (χ0) is 29.9. The summed E-state index contributed by atoms with van der Waals surface area (Å²) < 4.78 is 35.5. The van der Waals surface area contributed by atoms with Crippen LogP contribution in [0.5, 0.6) is 11.5 Å². The lowest BCUT2D eigenvalue weighted by atomic mass is 9.88. The highest BCUT2D eigenvalue weighted by Crippen LogP contribution is 2.36. The van der Waals surface area contributed by atoms with Crippen LogP contribution in [0.2, 0.25) is 0 Å². The number of hydrogen-bond donors (Lipinski definition) is 0. The quantitative estimate of drug-likeness (QED) is 0.173. The third-order valence-corrected chi connectivity index (χ3v) is 7.36. The minimum atomic E-state index is -2.35. The van der Waals surface area contributed by atoms with E-state index in [0.717, 1.165) is 38.8 Å². The number of fused-ring (bicyclic) bond motifs is 4. The molecule has 3 heterocycles. The van der Waals surface area contributed by atoms with Crippen LogP contribution in [0.15, 0.2) is 109 Å². The van der Waals surface area contributed by atoms with Crippen LogP contribution in [0.1, 0.15) is 30.4 Å². The molecule has 0 aliphatic rings. The summed E-state index contributed by atoms with van der Waals surface area (Å²) in [7, 11) is 0. The van der Waals surface area contributed by atoms with Crippen LogP contribution >= 0.6 is 0 Å². The van der Waals surface area contributed by atoms with E-state index in [2.05, 4.69) is 68.1 Å². The number of hydrogen-bond acceptors (Lipinski definition) is 2. The molecule has 0 saturated heterocycles. The van der Waals surface area contributed by atoms with E-state index >= 15 is 0 Å². The molecule has 3 aromatic heterocycles. The van der Waals surface area contributed by atoms with Crippen molar-refractivity contribution in [2.75, 3.05) is 0 Å². The topological polar surface area (TPSA) is 35.9 Å². The molecule has 40 heavy (non-hydrogen) atoms. The van der Waals surface area contributed by atoms with Crippen LogP contribution in [0.4, 0.5) is 0 Å². The third-order valence-electron chi connectivity index (χ3n) is 7.36. The summed E-state index contributed by atoms with van der Waals surface area (Å²) in [6.45, 7) is 4.26. The van der Waals surface area contributed by atoms with Crippen molar-refractivity contribution >= 4 is 32.8 Å². The van der Waals surface area contributed by atoms with Crippen molar-refractivity contribution < 1.29 is 13.4 Å². The summed E-state index contributed by atoms with van der Waals surface area (Å²) in [6, 6.07) is 33.7. The summed E-state index contributed by atoms with van der Waals surface area (Å²) in [5.41, 5.74) is 5.34. The minimum absolute atomic E-state index is 0.0129. The van der Waals surface area contributed by atoms with Crippen LogP contribution in [-0.4, -0.2) is 14.1 Å². The van der Waals surface area contributed by atoms with Gasteiger partial charge in [0.15, 0.2) is 0 Å². The van der Waals surface area contributed by atoms with Gasteiger partial charge in [0.05, 0.1) is 38.8 Å². The molecule has 0 radical (unpaired) electrons. The van der Waals surface area contributed by atoms with E-state index < -0.39 is 6.98 Å². The molecule has 0 saturated carbocycles. The average molecular weight is 526 g/mol. The molecular formula is C35H30N4O. The number of ether oxygens (including phenoxy) is 1. The SMILES string of the molecule is [2H]C([2H])([2H])[n+]1[c-]n(-c2cccc(Oc3ccc4c5ccccc5n(-c5cc(C(C)(C)C)ccn5)c4c3)c2)c2ccccc21. The van der Waals surface area contributed by atoms with Gasteiger partial charge in [0.25, 0.3) is 0 Å². The Morgan fingerprint density at radius 3 is 2.40 bits per heavy atom. The Labute approximate surface area is 237 Å². The fourth-order valence-electron chi connectivity index (χ4n) is 5.34. The highest BCUT2D eigenvalue weighted by Gasteiger charge is 2.18. The number of aromatic nitrogens is 4. The Hall–Kier alpha value is -4.90. The van der Waals surface area contributed by atoms with Crippen molar-refractivity contribution in [2.45, 2.75) is 26.2 Å². The molecule has 7 aromatic rings. The van der Waals surface area contributed by atoms with Gasteiger partial charge in [-0.3, -0.25) is 4.57 Å². The van der Waals surface area contributed by atoms with Gasteiger partial charge in [-0.05, 0) is 53.4 Å². The van der Waals surface area contributed by atoms with E-state index in [1.165, 1.54) is 10.1 Å². The summed E-state index contributed by atoms with van der Waals surface area (Å²) in [5, 5.41) is 2.26. The molecule has 7 rings (SSSR count). The van der Waals surface area contributed by atoms with Crippen LogP contribution in [-0.2, 0) is 12.4 Å². The average Bonchev–Trinajstić information content (AvgIpc) is 3.53. The van der Waals surface area contributed by atoms with Crippen molar-refractivity contribution in [1.82, 2.24) is 14.1 Å². The molecular weight excluding hydrogens is 492 g/mol. The fraction of sp³-hybridized carbons (Fsp3) is 0.143. The zero-order valence-corrected chi connectivity index (χ0v) is 22.6. The second-order valence-corrected chi connectivity index (χ2v) is 11.0. The monoisotopic (exact) mass is 525 g/mol. The molecule has 0 unspecified atom stereocenters. The van der Waals surface area contributed by atoms with Gasteiger partial charge in [0.1, 0.15) is 17.3 Å². The zero-order valence-electron chi connectivity index (χ0n) is 25.6.